The average molecular weight is 326 g/mol. The van der Waals surface area contributed by atoms with E-state index in [-0.39, 0.29) is 11.3 Å². The lowest BCUT2D eigenvalue weighted by Gasteiger charge is -2.22. The minimum absolute atomic E-state index is 0.0613. The molecule has 1 rings (SSSR count). The molecule has 9 nitrogen and oxygen atoms in total. The molecule has 0 fully saturated rings. The molecule has 0 saturated carbocycles. The van der Waals surface area contributed by atoms with E-state index in [1.807, 2.05) is 0 Å². The number of aromatic hydroxyl groups is 1. The minimum Gasteiger partial charge on any atom is -0.508 e. The first-order chi connectivity index (χ1) is 10.8. The third-order valence-electron chi connectivity index (χ3n) is 2.98. The van der Waals surface area contributed by atoms with Gasteiger partial charge in [-0.2, -0.15) is 0 Å². The normalized spacial score (nSPS) is 14.4. The number of carbonyl (C=O) groups is 3. The van der Waals surface area contributed by atoms with Crippen molar-refractivity contribution in [3.63, 3.8) is 0 Å². The molecular weight excluding hydrogens is 308 g/mol. The van der Waals surface area contributed by atoms with Crippen LogP contribution in [0.1, 0.15) is 18.5 Å². The first kappa shape index (κ1) is 18.4. The molecule has 0 spiro atoms. The molecule has 0 aliphatic rings. The summed E-state index contributed by atoms with van der Waals surface area (Å²) < 4.78 is 0. The zero-order chi connectivity index (χ0) is 17.6. The zero-order valence-electron chi connectivity index (χ0n) is 12.3. The second-order valence-electron chi connectivity index (χ2n) is 4.82. The summed E-state index contributed by atoms with van der Waals surface area (Å²) in [6.07, 6.45) is -1.36. The Hall–Kier alpha value is -2.65. The van der Waals surface area contributed by atoms with Crippen LogP contribution in [0.5, 0.6) is 5.75 Å². The van der Waals surface area contributed by atoms with Crippen LogP contribution in [0, 0.1) is 0 Å². The van der Waals surface area contributed by atoms with Crippen molar-refractivity contribution < 1.29 is 34.8 Å². The Balaban J connectivity index is 3.03. The standard InChI is InChI=1S/C14H18N2O7/c1-7(18)11(14(22)23)16-13(21)12(15-10(20)6-17)8-2-4-9(19)5-3-8/h2-5,7,11-12,17-19H,6H2,1H3,(H,15,20)(H,16,21)(H,22,23)/t7-,11-,12?/m1/s1. The van der Waals surface area contributed by atoms with Gasteiger partial charge in [0.2, 0.25) is 11.8 Å². The van der Waals surface area contributed by atoms with Crippen molar-refractivity contribution in [2.75, 3.05) is 6.61 Å². The topological polar surface area (TPSA) is 156 Å². The lowest BCUT2D eigenvalue weighted by molar-refractivity contribution is -0.145. The van der Waals surface area contributed by atoms with Gasteiger partial charge in [0.25, 0.3) is 0 Å². The summed E-state index contributed by atoms with van der Waals surface area (Å²) in [6.45, 7) is 0.335. The van der Waals surface area contributed by atoms with Crippen LogP contribution in [0.3, 0.4) is 0 Å². The van der Waals surface area contributed by atoms with Crippen molar-refractivity contribution in [3.05, 3.63) is 29.8 Å². The molecule has 9 heteroatoms. The Morgan fingerprint density at radius 3 is 2.13 bits per heavy atom. The Labute approximate surface area is 131 Å². The van der Waals surface area contributed by atoms with Crippen molar-refractivity contribution in [1.82, 2.24) is 10.6 Å². The number of aliphatic carboxylic acids is 1. The molecule has 6 N–H and O–H groups in total. The molecule has 0 bridgehead atoms. The lowest BCUT2D eigenvalue weighted by atomic mass is 10.0. The van der Waals surface area contributed by atoms with Gasteiger partial charge in [-0.1, -0.05) is 12.1 Å². The van der Waals surface area contributed by atoms with E-state index in [0.717, 1.165) is 0 Å². The van der Waals surface area contributed by atoms with Crippen LogP contribution in [0.25, 0.3) is 0 Å². The van der Waals surface area contributed by atoms with Gasteiger partial charge in [-0.25, -0.2) is 4.79 Å². The summed E-state index contributed by atoms with van der Waals surface area (Å²) in [5.41, 5.74) is 0.261. The van der Waals surface area contributed by atoms with Crippen molar-refractivity contribution >= 4 is 17.8 Å². The molecule has 0 radical (unpaired) electrons. The van der Waals surface area contributed by atoms with Crippen molar-refractivity contribution in [1.29, 1.82) is 0 Å². The van der Waals surface area contributed by atoms with Crippen molar-refractivity contribution in [2.45, 2.75) is 25.1 Å². The van der Waals surface area contributed by atoms with E-state index >= 15 is 0 Å². The maximum absolute atomic E-state index is 12.3. The van der Waals surface area contributed by atoms with E-state index in [2.05, 4.69) is 10.6 Å². The fraction of sp³-hybridized carbons (Fsp3) is 0.357. The van der Waals surface area contributed by atoms with Gasteiger partial charge < -0.3 is 31.1 Å². The maximum atomic E-state index is 12.3. The smallest absolute Gasteiger partial charge is 0.328 e. The molecule has 0 saturated heterocycles. The van der Waals surface area contributed by atoms with Crippen LogP contribution in [0.2, 0.25) is 0 Å². The van der Waals surface area contributed by atoms with E-state index < -0.39 is 42.6 Å². The summed E-state index contributed by atoms with van der Waals surface area (Å²) in [5, 5.41) is 40.8. The first-order valence-electron chi connectivity index (χ1n) is 6.66. The Kier molecular flexibility index (Phi) is 6.49. The number of benzene rings is 1. The van der Waals surface area contributed by atoms with Crippen LogP contribution in [0.4, 0.5) is 0 Å². The quantitative estimate of drug-likeness (QED) is 0.356. The Morgan fingerprint density at radius 2 is 1.70 bits per heavy atom. The van der Waals surface area contributed by atoms with Gasteiger partial charge in [-0.3, -0.25) is 9.59 Å². The molecule has 0 heterocycles. The van der Waals surface area contributed by atoms with E-state index in [4.69, 9.17) is 10.2 Å². The second-order valence-corrected chi connectivity index (χ2v) is 4.82. The molecule has 0 aliphatic heterocycles. The van der Waals surface area contributed by atoms with Crippen molar-refractivity contribution in [2.24, 2.45) is 0 Å². The largest absolute Gasteiger partial charge is 0.508 e. The SMILES string of the molecule is C[C@@H](O)[C@@H](NC(=O)C(NC(=O)CO)c1ccc(O)cc1)C(=O)O. The molecule has 1 unspecified atom stereocenters. The number of phenolic OH excluding ortho intramolecular Hbond substituents is 1. The minimum atomic E-state index is -1.56. The molecule has 1 aromatic carbocycles. The monoisotopic (exact) mass is 326 g/mol. The summed E-state index contributed by atoms with van der Waals surface area (Å²) in [4.78, 5) is 34.6. The number of carboxylic acids is 1. The van der Waals surface area contributed by atoms with Crippen LogP contribution in [0.15, 0.2) is 24.3 Å². The number of nitrogens with one attached hydrogen (secondary N) is 2. The predicted molar refractivity (Wildman–Crippen MR) is 77.3 cm³/mol. The van der Waals surface area contributed by atoms with Crippen LogP contribution >= 0.6 is 0 Å². The van der Waals surface area contributed by atoms with E-state index in [1.165, 1.54) is 31.2 Å². The first-order valence-corrected chi connectivity index (χ1v) is 6.66. The highest BCUT2D eigenvalue weighted by atomic mass is 16.4. The van der Waals surface area contributed by atoms with Gasteiger partial charge in [0.15, 0.2) is 6.04 Å². The third-order valence-corrected chi connectivity index (χ3v) is 2.98. The molecule has 0 aliphatic carbocycles. The number of aliphatic hydroxyl groups excluding tert-OH is 2. The number of amides is 2. The highest BCUT2D eigenvalue weighted by molar-refractivity contribution is 5.91. The fourth-order valence-corrected chi connectivity index (χ4v) is 1.80. The zero-order valence-corrected chi connectivity index (χ0v) is 12.3. The lowest BCUT2D eigenvalue weighted by Crippen LogP contribution is -2.51. The Morgan fingerprint density at radius 1 is 1.13 bits per heavy atom. The predicted octanol–water partition coefficient (Wildman–Crippen LogP) is -1.51. The fourth-order valence-electron chi connectivity index (χ4n) is 1.80. The number of hydrogen-bond acceptors (Lipinski definition) is 6. The third kappa shape index (κ3) is 5.24. The number of phenols is 1. The molecule has 3 atom stereocenters. The maximum Gasteiger partial charge on any atom is 0.328 e. The van der Waals surface area contributed by atoms with E-state index in [9.17, 15) is 24.6 Å². The highest BCUT2D eigenvalue weighted by Crippen LogP contribution is 2.17. The molecule has 23 heavy (non-hydrogen) atoms. The number of hydrogen-bond donors (Lipinski definition) is 6. The van der Waals surface area contributed by atoms with E-state index in [0.29, 0.717) is 0 Å². The van der Waals surface area contributed by atoms with Crippen LogP contribution in [-0.4, -0.2) is 57.0 Å². The molecular formula is C14H18N2O7. The number of aliphatic hydroxyl groups is 2. The summed E-state index contributed by atoms with van der Waals surface area (Å²) in [7, 11) is 0. The van der Waals surface area contributed by atoms with Gasteiger partial charge in [-0.05, 0) is 24.6 Å². The summed E-state index contributed by atoms with van der Waals surface area (Å²) >= 11 is 0. The molecule has 1 aromatic rings. The van der Waals surface area contributed by atoms with Crippen LogP contribution in [-0.2, 0) is 14.4 Å². The van der Waals surface area contributed by atoms with Crippen molar-refractivity contribution in [3.8, 4) is 5.75 Å². The summed E-state index contributed by atoms with van der Waals surface area (Å²) in [6, 6.07) is 2.42. The highest BCUT2D eigenvalue weighted by Gasteiger charge is 2.30. The molecule has 0 aromatic heterocycles. The van der Waals surface area contributed by atoms with Gasteiger partial charge >= 0.3 is 5.97 Å². The van der Waals surface area contributed by atoms with Gasteiger partial charge in [0, 0.05) is 0 Å². The number of rotatable bonds is 7. The Bertz CT molecular complexity index is 571. The van der Waals surface area contributed by atoms with Gasteiger partial charge in [-0.15, -0.1) is 0 Å². The molecule has 2 amide bonds. The van der Waals surface area contributed by atoms with Gasteiger partial charge in [0.1, 0.15) is 18.4 Å². The average Bonchev–Trinajstić information content (AvgIpc) is 2.50. The van der Waals surface area contributed by atoms with Gasteiger partial charge in [0.05, 0.1) is 6.10 Å². The molecule has 126 valence electrons. The number of carbonyl (C=O) groups excluding carboxylic acids is 2. The number of carboxylic acid groups (broad SMARTS) is 1. The second kappa shape index (κ2) is 8.11. The summed E-state index contributed by atoms with van der Waals surface area (Å²) in [5.74, 6) is -3.23. The van der Waals surface area contributed by atoms with E-state index in [1.54, 1.807) is 0 Å². The van der Waals surface area contributed by atoms with Crippen LogP contribution < -0.4 is 10.6 Å².